The van der Waals surface area contributed by atoms with Crippen LogP contribution in [0.5, 0.6) is 0 Å². The third kappa shape index (κ3) is 0.385. The van der Waals surface area contributed by atoms with Crippen LogP contribution in [0.25, 0.3) is 0 Å². The van der Waals surface area contributed by atoms with Crippen molar-refractivity contribution in [2.24, 2.45) is 23.7 Å². The van der Waals surface area contributed by atoms with E-state index >= 15 is 0 Å². The summed E-state index contributed by atoms with van der Waals surface area (Å²) < 4.78 is 0. The fourth-order valence-corrected chi connectivity index (χ4v) is 2.69. The smallest absolute Gasteiger partial charge is 0.0196 e. The van der Waals surface area contributed by atoms with E-state index in [0.717, 1.165) is 23.7 Å². The maximum absolute atomic E-state index is 2.55. The number of allylic oxidation sites excluding steroid dienone is 2. The summed E-state index contributed by atoms with van der Waals surface area (Å²) in [6.07, 6.45) is 5.54. The highest BCUT2D eigenvalue weighted by molar-refractivity contribution is 5.30. The van der Waals surface area contributed by atoms with Crippen molar-refractivity contribution in [1.82, 2.24) is 0 Å². The average molecular weight is 120 g/mol. The largest absolute Gasteiger partial charge is 0.0816 e. The van der Waals surface area contributed by atoms with E-state index in [4.69, 9.17) is 0 Å². The van der Waals surface area contributed by atoms with Gasteiger partial charge in [-0.2, -0.15) is 0 Å². The summed E-state index contributed by atoms with van der Waals surface area (Å²) >= 11 is 0. The predicted octanol–water partition coefficient (Wildman–Crippen LogP) is 2.22. The lowest BCUT2D eigenvalue weighted by Crippen LogP contribution is -2.31. The molecule has 4 atom stereocenters. The Morgan fingerprint density at radius 1 is 1.44 bits per heavy atom. The first kappa shape index (κ1) is 4.54. The van der Waals surface area contributed by atoms with Gasteiger partial charge in [-0.1, -0.05) is 18.6 Å². The molecule has 2 bridgehead atoms. The minimum absolute atomic E-state index is 0.980. The van der Waals surface area contributed by atoms with Crippen molar-refractivity contribution in [3.8, 4) is 0 Å². The van der Waals surface area contributed by atoms with Gasteiger partial charge in [-0.25, -0.2) is 0 Å². The molecule has 0 heterocycles. The molecule has 0 aromatic heterocycles. The molecule has 0 aromatic rings. The molecule has 4 aliphatic rings. The van der Waals surface area contributed by atoms with Gasteiger partial charge in [0.1, 0.15) is 0 Å². The molecule has 2 saturated carbocycles. The Bertz CT molecular complexity index is 190. The van der Waals surface area contributed by atoms with Gasteiger partial charge in [0.15, 0.2) is 0 Å². The Labute approximate surface area is 56.0 Å². The molecule has 2 fully saturated rings. The maximum Gasteiger partial charge on any atom is -0.0196 e. The number of hydrogen-bond donors (Lipinski definition) is 0. The van der Waals surface area contributed by atoms with Gasteiger partial charge in [-0.05, 0) is 36.5 Å². The molecule has 0 spiro atoms. The van der Waals surface area contributed by atoms with Crippen molar-refractivity contribution >= 4 is 0 Å². The van der Waals surface area contributed by atoms with Crippen LogP contribution >= 0.6 is 0 Å². The van der Waals surface area contributed by atoms with E-state index in [9.17, 15) is 0 Å². The van der Waals surface area contributed by atoms with Gasteiger partial charge < -0.3 is 0 Å². The van der Waals surface area contributed by atoms with E-state index in [1.165, 1.54) is 12.8 Å². The summed E-state index contributed by atoms with van der Waals surface area (Å²) in [5, 5.41) is 0. The van der Waals surface area contributed by atoms with Crippen LogP contribution in [-0.4, -0.2) is 0 Å². The fraction of sp³-hybridized carbons (Fsp3) is 0.778. The Morgan fingerprint density at radius 2 is 2.33 bits per heavy atom. The van der Waals surface area contributed by atoms with Gasteiger partial charge in [0.25, 0.3) is 0 Å². The molecule has 4 aliphatic carbocycles. The molecule has 3 unspecified atom stereocenters. The molecule has 0 saturated heterocycles. The minimum atomic E-state index is 0.980. The quantitative estimate of drug-likeness (QED) is 0.430. The van der Waals surface area contributed by atoms with Crippen LogP contribution < -0.4 is 0 Å². The van der Waals surface area contributed by atoms with Crippen LogP contribution in [0, 0.1) is 23.7 Å². The molecule has 0 N–H and O–H groups in total. The molecule has 0 aliphatic heterocycles. The summed E-state index contributed by atoms with van der Waals surface area (Å²) in [5.74, 6) is 4.29. The number of rotatable bonds is 0. The molecular formula is C9H12. The van der Waals surface area contributed by atoms with Gasteiger partial charge >= 0.3 is 0 Å². The third-order valence-corrected chi connectivity index (χ3v) is 3.57. The van der Waals surface area contributed by atoms with Crippen LogP contribution in [0.15, 0.2) is 11.6 Å². The molecule has 0 radical (unpaired) electrons. The lowest BCUT2D eigenvalue weighted by atomic mass is 9.64. The Morgan fingerprint density at radius 3 is 2.89 bits per heavy atom. The van der Waals surface area contributed by atoms with Crippen molar-refractivity contribution < 1.29 is 0 Å². The first-order chi connectivity index (χ1) is 4.36. The van der Waals surface area contributed by atoms with Crippen molar-refractivity contribution in [3.63, 3.8) is 0 Å². The number of hydrogen-bond acceptors (Lipinski definition) is 0. The van der Waals surface area contributed by atoms with Crippen LogP contribution in [0.1, 0.15) is 19.8 Å². The van der Waals surface area contributed by atoms with Gasteiger partial charge in [0.05, 0.1) is 0 Å². The van der Waals surface area contributed by atoms with E-state index < -0.39 is 0 Å². The summed E-state index contributed by atoms with van der Waals surface area (Å²) in [5.41, 5.74) is 1.78. The van der Waals surface area contributed by atoms with E-state index in [2.05, 4.69) is 13.0 Å². The van der Waals surface area contributed by atoms with Crippen LogP contribution in [-0.2, 0) is 0 Å². The lowest BCUT2D eigenvalue weighted by molar-refractivity contribution is 0.235. The summed E-state index contributed by atoms with van der Waals surface area (Å²) in [7, 11) is 0. The molecule has 4 rings (SSSR count). The van der Waals surface area contributed by atoms with E-state index in [-0.39, 0.29) is 0 Å². The van der Waals surface area contributed by atoms with Crippen LogP contribution in [0.3, 0.4) is 0 Å². The van der Waals surface area contributed by atoms with E-state index in [0.29, 0.717) is 0 Å². The highest BCUT2D eigenvalue weighted by Crippen LogP contribution is 2.62. The first-order valence-corrected chi connectivity index (χ1v) is 4.07. The second kappa shape index (κ2) is 1.12. The third-order valence-electron chi connectivity index (χ3n) is 3.57. The summed E-state index contributed by atoms with van der Waals surface area (Å²) in [6, 6.07) is 0. The van der Waals surface area contributed by atoms with Crippen molar-refractivity contribution in [2.75, 3.05) is 0 Å². The lowest BCUT2D eigenvalue weighted by Gasteiger charge is -2.41. The highest BCUT2D eigenvalue weighted by atomic mass is 14.6. The fourth-order valence-electron chi connectivity index (χ4n) is 2.69. The molecule has 0 amide bonds. The zero-order valence-electron chi connectivity index (χ0n) is 5.80. The average Bonchev–Trinajstić information content (AvgIpc) is 2.62. The second-order valence-electron chi connectivity index (χ2n) is 3.96. The van der Waals surface area contributed by atoms with E-state index in [1.54, 1.807) is 5.57 Å². The molecule has 0 aromatic carbocycles. The van der Waals surface area contributed by atoms with Gasteiger partial charge in [-0.3, -0.25) is 0 Å². The van der Waals surface area contributed by atoms with Crippen LogP contribution in [0.2, 0.25) is 0 Å². The van der Waals surface area contributed by atoms with Crippen LogP contribution in [0.4, 0.5) is 0 Å². The SMILES string of the molecule is C[C@@H]1C2=CC3CC3C1C2. The predicted molar refractivity (Wildman–Crippen MR) is 37.0 cm³/mol. The summed E-state index contributed by atoms with van der Waals surface area (Å²) in [6.45, 7) is 2.40. The molecule has 0 heteroatoms. The first-order valence-electron chi connectivity index (χ1n) is 4.07. The molecule has 48 valence electrons. The Kier molecular flexibility index (Phi) is 0.564. The topological polar surface area (TPSA) is 0 Å². The normalized spacial score (nSPS) is 59.4. The molecule has 9 heavy (non-hydrogen) atoms. The van der Waals surface area contributed by atoms with Gasteiger partial charge in [0, 0.05) is 0 Å². The van der Waals surface area contributed by atoms with E-state index in [1.807, 2.05) is 0 Å². The minimum Gasteiger partial charge on any atom is -0.0816 e. The maximum atomic E-state index is 2.55. The van der Waals surface area contributed by atoms with Gasteiger partial charge in [-0.15, -0.1) is 0 Å². The highest BCUT2D eigenvalue weighted by Gasteiger charge is 2.53. The zero-order chi connectivity index (χ0) is 6.01. The Hall–Kier alpha value is -0.260. The van der Waals surface area contributed by atoms with Gasteiger partial charge in [0.2, 0.25) is 0 Å². The standard InChI is InChI=1S/C9H12/c1-5-6-2-7-4-9(7)8(5)3-6/h2,5,7-9H,3-4H2,1H3/t5-,7?,8?,9?/m1/s1. The Balaban J connectivity index is 2.06. The second-order valence-corrected chi connectivity index (χ2v) is 3.96. The summed E-state index contributed by atoms with van der Waals surface area (Å²) in [4.78, 5) is 0. The van der Waals surface area contributed by atoms with Crippen molar-refractivity contribution in [1.29, 1.82) is 0 Å². The molecular weight excluding hydrogens is 108 g/mol. The van der Waals surface area contributed by atoms with Crippen molar-refractivity contribution in [3.05, 3.63) is 11.6 Å². The van der Waals surface area contributed by atoms with Crippen molar-refractivity contribution in [2.45, 2.75) is 19.8 Å². The monoisotopic (exact) mass is 120 g/mol. The zero-order valence-corrected chi connectivity index (χ0v) is 5.80. The molecule has 0 nitrogen and oxygen atoms in total.